The molecule has 0 saturated carbocycles. The predicted octanol–water partition coefficient (Wildman–Crippen LogP) is 3.87. The summed E-state index contributed by atoms with van der Waals surface area (Å²) in [5.41, 5.74) is 5.68. The maximum atomic E-state index is 13.4. The molecule has 0 unspecified atom stereocenters. The summed E-state index contributed by atoms with van der Waals surface area (Å²) in [5, 5.41) is 15.9. The van der Waals surface area contributed by atoms with E-state index in [-0.39, 0.29) is 42.6 Å². The minimum absolute atomic E-state index is 0.181. The summed E-state index contributed by atoms with van der Waals surface area (Å²) in [6.07, 6.45) is 1.11. The molecule has 1 heterocycles. The van der Waals surface area contributed by atoms with Crippen LogP contribution in [0.25, 0.3) is 0 Å². The van der Waals surface area contributed by atoms with Gasteiger partial charge in [0.2, 0.25) is 10.0 Å². The normalized spacial score (nSPS) is 14.3. The Kier molecular flexibility index (Phi) is 7.86. The number of nitrogens with zero attached hydrogens (tertiary/aromatic N) is 3. The molecule has 35 heavy (non-hydrogen) atoms. The van der Waals surface area contributed by atoms with Crippen LogP contribution < -0.4 is 5.43 Å². The summed E-state index contributed by atoms with van der Waals surface area (Å²) in [6, 6.07) is 23.4. The van der Waals surface area contributed by atoms with Gasteiger partial charge in [0.25, 0.3) is 5.69 Å². The molecule has 0 spiro atoms. The van der Waals surface area contributed by atoms with Gasteiger partial charge < -0.3 is 4.74 Å². The summed E-state index contributed by atoms with van der Waals surface area (Å²) in [5.74, 6) is 0. The molecule has 1 aliphatic rings. The zero-order chi connectivity index (χ0) is 24.7. The molecule has 0 atom stereocenters. The lowest BCUT2D eigenvalue weighted by Gasteiger charge is -2.26. The fraction of sp³-hybridized carbons (Fsp3) is 0.240. The van der Waals surface area contributed by atoms with Crippen LogP contribution in [0.15, 0.2) is 88.9 Å². The highest BCUT2D eigenvalue weighted by atomic mass is 32.2. The molecule has 3 aromatic carbocycles. The fourth-order valence-electron chi connectivity index (χ4n) is 3.80. The average molecular weight is 495 g/mol. The molecular weight excluding hydrogens is 468 g/mol. The van der Waals surface area contributed by atoms with Gasteiger partial charge in [0.05, 0.1) is 23.8 Å². The van der Waals surface area contributed by atoms with Crippen molar-refractivity contribution in [2.24, 2.45) is 5.10 Å². The highest BCUT2D eigenvalue weighted by molar-refractivity contribution is 7.89. The summed E-state index contributed by atoms with van der Waals surface area (Å²) < 4.78 is 33.3. The standard InChI is InChI=1S/C25H26N4O5S/c30-29(31)23-11-12-24(25(19-23)35(32,33)28-13-15-34-16-14-28)27-26-22(17-20-7-3-1-4-8-20)18-21-9-5-2-6-10-21/h1-12,19,27H,13-18H2. The van der Waals surface area contributed by atoms with Crippen molar-refractivity contribution in [3.63, 3.8) is 0 Å². The number of hydrogen-bond donors (Lipinski definition) is 1. The van der Waals surface area contributed by atoms with Crippen molar-refractivity contribution in [1.29, 1.82) is 0 Å². The number of ether oxygens (including phenoxy) is 1. The number of nitro benzene ring substituents is 1. The first-order chi connectivity index (χ1) is 16.9. The number of hydrazone groups is 1. The Morgan fingerprint density at radius 3 is 2.06 bits per heavy atom. The zero-order valence-electron chi connectivity index (χ0n) is 19.0. The second-order valence-corrected chi connectivity index (χ2v) is 9.97. The van der Waals surface area contributed by atoms with Crippen molar-refractivity contribution in [2.75, 3.05) is 31.7 Å². The van der Waals surface area contributed by atoms with Crippen LogP contribution in [-0.2, 0) is 27.6 Å². The lowest BCUT2D eigenvalue weighted by Crippen LogP contribution is -2.40. The Hall–Kier alpha value is -3.60. The van der Waals surface area contributed by atoms with Gasteiger partial charge in [-0.2, -0.15) is 9.41 Å². The predicted molar refractivity (Wildman–Crippen MR) is 134 cm³/mol. The number of anilines is 1. The molecule has 4 rings (SSSR count). The van der Waals surface area contributed by atoms with Gasteiger partial charge in [-0.25, -0.2) is 8.42 Å². The highest BCUT2D eigenvalue weighted by Gasteiger charge is 2.30. The van der Waals surface area contributed by atoms with E-state index in [1.165, 1.54) is 16.4 Å². The van der Waals surface area contributed by atoms with Gasteiger partial charge in [-0.1, -0.05) is 60.7 Å². The third-order valence-corrected chi connectivity index (χ3v) is 7.54. The maximum Gasteiger partial charge on any atom is 0.270 e. The number of nitro groups is 1. The molecule has 0 radical (unpaired) electrons. The van der Waals surface area contributed by atoms with Crippen molar-refractivity contribution in [3.8, 4) is 0 Å². The Balaban J connectivity index is 1.68. The molecule has 3 aromatic rings. The number of benzene rings is 3. The van der Waals surface area contributed by atoms with E-state index < -0.39 is 14.9 Å². The smallest absolute Gasteiger partial charge is 0.270 e. The van der Waals surface area contributed by atoms with Gasteiger partial charge in [0, 0.05) is 43.8 Å². The van der Waals surface area contributed by atoms with Gasteiger partial charge >= 0.3 is 0 Å². The van der Waals surface area contributed by atoms with E-state index in [4.69, 9.17) is 4.74 Å². The lowest BCUT2D eigenvalue weighted by atomic mass is 10.0. The first-order valence-electron chi connectivity index (χ1n) is 11.2. The maximum absolute atomic E-state index is 13.4. The van der Waals surface area contributed by atoms with Crippen LogP contribution in [0.5, 0.6) is 0 Å². The second-order valence-electron chi connectivity index (χ2n) is 8.07. The third-order valence-electron chi connectivity index (χ3n) is 5.60. The minimum Gasteiger partial charge on any atom is -0.379 e. The monoisotopic (exact) mass is 494 g/mol. The van der Waals surface area contributed by atoms with Crippen molar-refractivity contribution < 1.29 is 18.1 Å². The largest absolute Gasteiger partial charge is 0.379 e. The van der Waals surface area contributed by atoms with Crippen LogP contribution in [0.4, 0.5) is 11.4 Å². The molecular formula is C25H26N4O5S. The number of sulfonamides is 1. The SMILES string of the molecule is O=[N+]([O-])c1ccc(NN=C(Cc2ccccc2)Cc2ccccc2)c(S(=O)(=O)N2CCOCC2)c1. The van der Waals surface area contributed by atoms with Gasteiger partial charge in [-0.3, -0.25) is 15.5 Å². The quantitative estimate of drug-likeness (QED) is 0.274. The van der Waals surface area contributed by atoms with E-state index in [1.54, 1.807) is 0 Å². The number of morpholine rings is 1. The fourth-order valence-corrected chi connectivity index (χ4v) is 5.37. The third kappa shape index (κ3) is 6.30. The Morgan fingerprint density at radius 2 is 1.51 bits per heavy atom. The molecule has 0 amide bonds. The van der Waals surface area contributed by atoms with Crippen molar-refractivity contribution in [2.45, 2.75) is 17.7 Å². The topological polar surface area (TPSA) is 114 Å². The summed E-state index contributed by atoms with van der Waals surface area (Å²) in [4.78, 5) is 10.6. The zero-order valence-corrected chi connectivity index (χ0v) is 19.9. The van der Waals surface area contributed by atoms with Crippen LogP contribution in [0.1, 0.15) is 11.1 Å². The lowest BCUT2D eigenvalue weighted by molar-refractivity contribution is -0.385. The van der Waals surface area contributed by atoms with Gasteiger partial charge in [-0.15, -0.1) is 0 Å². The molecule has 1 saturated heterocycles. The van der Waals surface area contributed by atoms with Crippen molar-refractivity contribution in [3.05, 3.63) is 100 Å². The van der Waals surface area contributed by atoms with Gasteiger partial charge in [0.15, 0.2) is 0 Å². The molecule has 9 nitrogen and oxygen atoms in total. The summed E-state index contributed by atoms with van der Waals surface area (Å²) >= 11 is 0. The van der Waals surface area contributed by atoms with Crippen LogP contribution in [0, 0.1) is 10.1 Å². The molecule has 0 aromatic heterocycles. The van der Waals surface area contributed by atoms with Crippen LogP contribution in [-0.4, -0.2) is 49.7 Å². The number of rotatable bonds is 9. The molecule has 0 bridgehead atoms. The van der Waals surface area contributed by atoms with E-state index in [9.17, 15) is 18.5 Å². The van der Waals surface area contributed by atoms with Crippen molar-refractivity contribution >= 4 is 27.1 Å². The van der Waals surface area contributed by atoms with E-state index in [1.807, 2.05) is 60.7 Å². The first kappa shape index (κ1) is 24.5. The number of non-ortho nitro benzene ring substituents is 1. The minimum atomic E-state index is -4.00. The first-order valence-corrected chi connectivity index (χ1v) is 12.6. The molecule has 1 N–H and O–H groups in total. The summed E-state index contributed by atoms with van der Waals surface area (Å²) in [6.45, 7) is 0.905. The second kappa shape index (κ2) is 11.2. The molecule has 0 aliphatic carbocycles. The van der Waals surface area contributed by atoms with E-state index in [0.29, 0.717) is 12.8 Å². The Labute approximate surface area is 204 Å². The molecule has 10 heteroatoms. The van der Waals surface area contributed by atoms with Crippen LogP contribution >= 0.6 is 0 Å². The van der Waals surface area contributed by atoms with E-state index >= 15 is 0 Å². The molecule has 1 fully saturated rings. The van der Waals surface area contributed by atoms with Gasteiger partial charge in [-0.05, 0) is 17.2 Å². The Morgan fingerprint density at radius 1 is 0.943 bits per heavy atom. The van der Waals surface area contributed by atoms with Crippen molar-refractivity contribution in [1.82, 2.24) is 4.31 Å². The average Bonchev–Trinajstić information content (AvgIpc) is 2.89. The van der Waals surface area contributed by atoms with Crippen LogP contribution in [0.2, 0.25) is 0 Å². The number of hydrogen-bond acceptors (Lipinski definition) is 7. The van der Waals surface area contributed by atoms with Gasteiger partial charge in [0.1, 0.15) is 4.90 Å². The van der Waals surface area contributed by atoms with E-state index in [2.05, 4.69) is 10.5 Å². The molecule has 182 valence electrons. The summed E-state index contributed by atoms with van der Waals surface area (Å²) in [7, 11) is -4.00. The molecule has 1 aliphatic heterocycles. The number of nitrogens with one attached hydrogen (secondary N) is 1. The Bertz CT molecular complexity index is 1250. The highest BCUT2D eigenvalue weighted by Crippen LogP contribution is 2.29. The van der Waals surface area contributed by atoms with Crippen LogP contribution in [0.3, 0.4) is 0 Å². The van der Waals surface area contributed by atoms with E-state index in [0.717, 1.165) is 22.9 Å².